The van der Waals surface area contributed by atoms with E-state index in [1.807, 2.05) is 19.1 Å². The predicted molar refractivity (Wildman–Crippen MR) is 65.0 cm³/mol. The van der Waals surface area contributed by atoms with Gasteiger partial charge in [0.05, 0.1) is 18.7 Å². The second-order valence-electron chi connectivity index (χ2n) is 3.62. The highest BCUT2D eigenvalue weighted by Crippen LogP contribution is 2.26. The molecule has 0 radical (unpaired) electrons. The molecular weight excluding hydrogens is 202 g/mol. The van der Waals surface area contributed by atoms with Crippen molar-refractivity contribution in [3.05, 3.63) is 30.5 Å². The second-order valence-corrected chi connectivity index (χ2v) is 3.62. The van der Waals surface area contributed by atoms with E-state index < -0.39 is 0 Å². The van der Waals surface area contributed by atoms with Crippen LogP contribution in [0.15, 0.2) is 30.5 Å². The molecule has 0 N–H and O–H groups in total. The molecule has 3 heteroatoms. The van der Waals surface area contributed by atoms with Gasteiger partial charge in [-0.2, -0.15) is 0 Å². The van der Waals surface area contributed by atoms with Crippen LogP contribution in [0.3, 0.4) is 0 Å². The minimum absolute atomic E-state index is 0.697. The number of nitrogens with zero attached hydrogens (tertiary/aromatic N) is 1. The number of ether oxygens (including phenoxy) is 2. The van der Waals surface area contributed by atoms with Crippen LogP contribution in [-0.4, -0.2) is 24.9 Å². The quantitative estimate of drug-likeness (QED) is 0.771. The summed E-state index contributed by atoms with van der Waals surface area (Å²) in [6.07, 6.45) is 2.08. The van der Waals surface area contributed by atoms with Crippen molar-refractivity contribution < 1.29 is 9.47 Å². The molecule has 0 aliphatic heterocycles. The summed E-state index contributed by atoms with van der Waals surface area (Å²) in [6.45, 7) is 4.29. The van der Waals surface area contributed by atoms with E-state index in [0.29, 0.717) is 6.61 Å². The Balaban J connectivity index is 2.36. The summed E-state index contributed by atoms with van der Waals surface area (Å²) in [5, 5.41) is 1.17. The number of fused-ring (bicyclic) bond motifs is 1. The molecule has 0 bridgehead atoms. The first-order valence-corrected chi connectivity index (χ1v) is 5.56. The van der Waals surface area contributed by atoms with Gasteiger partial charge in [0.15, 0.2) is 0 Å². The van der Waals surface area contributed by atoms with Crippen LogP contribution in [0, 0.1) is 0 Å². The van der Waals surface area contributed by atoms with Gasteiger partial charge in [0, 0.05) is 25.2 Å². The van der Waals surface area contributed by atoms with E-state index in [0.717, 1.165) is 18.9 Å². The zero-order valence-corrected chi connectivity index (χ0v) is 9.77. The standard InChI is InChI=1S/C13H17NO2/c1-3-16-13-6-4-5-12-11(13)7-8-14(12)9-10-15-2/h4-8H,3,9-10H2,1-2H3. The van der Waals surface area contributed by atoms with Crippen LogP contribution < -0.4 is 4.74 Å². The topological polar surface area (TPSA) is 23.4 Å². The first-order chi connectivity index (χ1) is 7.86. The van der Waals surface area contributed by atoms with Crippen LogP contribution >= 0.6 is 0 Å². The molecule has 0 aliphatic carbocycles. The van der Waals surface area contributed by atoms with Crippen molar-refractivity contribution in [2.45, 2.75) is 13.5 Å². The molecule has 0 saturated carbocycles. The van der Waals surface area contributed by atoms with Crippen LogP contribution in [-0.2, 0) is 11.3 Å². The van der Waals surface area contributed by atoms with Crippen molar-refractivity contribution in [3.63, 3.8) is 0 Å². The van der Waals surface area contributed by atoms with Gasteiger partial charge in [0.25, 0.3) is 0 Å². The van der Waals surface area contributed by atoms with Crippen LogP contribution in [0.5, 0.6) is 5.75 Å². The zero-order chi connectivity index (χ0) is 11.4. The maximum atomic E-state index is 5.59. The molecule has 0 aliphatic rings. The summed E-state index contributed by atoms with van der Waals surface area (Å²) >= 11 is 0. The highest BCUT2D eigenvalue weighted by Gasteiger charge is 2.05. The minimum Gasteiger partial charge on any atom is -0.493 e. The third-order valence-electron chi connectivity index (χ3n) is 2.61. The first-order valence-electron chi connectivity index (χ1n) is 5.56. The number of methoxy groups -OCH3 is 1. The van der Waals surface area contributed by atoms with E-state index in [2.05, 4.69) is 22.9 Å². The summed E-state index contributed by atoms with van der Waals surface area (Å²) in [7, 11) is 1.72. The normalized spacial score (nSPS) is 10.9. The third kappa shape index (κ3) is 2.04. The lowest BCUT2D eigenvalue weighted by Gasteiger charge is -2.07. The fourth-order valence-corrected chi connectivity index (χ4v) is 1.86. The van der Waals surface area contributed by atoms with E-state index >= 15 is 0 Å². The fourth-order valence-electron chi connectivity index (χ4n) is 1.86. The summed E-state index contributed by atoms with van der Waals surface area (Å²) in [5.74, 6) is 0.955. The Morgan fingerprint density at radius 1 is 1.25 bits per heavy atom. The van der Waals surface area contributed by atoms with Crippen LogP contribution in [0.1, 0.15) is 6.92 Å². The Kier molecular flexibility index (Phi) is 3.47. The molecule has 0 spiro atoms. The molecule has 2 aromatic rings. The van der Waals surface area contributed by atoms with Gasteiger partial charge in [-0.15, -0.1) is 0 Å². The predicted octanol–water partition coefficient (Wildman–Crippen LogP) is 2.69. The Morgan fingerprint density at radius 2 is 2.12 bits per heavy atom. The molecular formula is C13H17NO2. The van der Waals surface area contributed by atoms with E-state index in [4.69, 9.17) is 9.47 Å². The average Bonchev–Trinajstić information content (AvgIpc) is 2.71. The molecule has 0 unspecified atom stereocenters. The Bertz CT molecular complexity index is 462. The molecule has 0 saturated heterocycles. The van der Waals surface area contributed by atoms with Gasteiger partial charge in [-0.05, 0) is 25.1 Å². The Labute approximate surface area is 95.6 Å². The molecule has 0 fully saturated rings. The van der Waals surface area contributed by atoms with Crippen molar-refractivity contribution in [2.24, 2.45) is 0 Å². The second kappa shape index (κ2) is 5.03. The maximum Gasteiger partial charge on any atom is 0.128 e. The minimum atomic E-state index is 0.697. The van der Waals surface area contributed by atoms with Gasteiger partial charge in [-0.3, -0.25) is 0 Å². The molecule has 86 valence electrons. The largest absolute Gasteiger partial charge is 0.493 e. The molecule has 16 heavy (non-hydrogen) atoms. The van der Waals surface area contributed by atoms with Gasteiger partial charge in [0.1, 0.15) is 5.75 Å². The Hall–Kier alpha value is -1.48. The first kappa shape index (κ1) is 11.0. The summed E-state index contributed by atoms with van der Waals surface area (Å²) < 4.78 is 12.9. The van der Waals surface area contributed by atoms with E-state index in [1.54, 1.807) is 7.11 Å². The fraction of sp³-hybridized carbons (Fsp3) is 0.385. The van der Waals surface area contributed by atoms with E-state index in [1.165, 1.54) is 10.9 Å². The zero-order valence-electron chi connectivity index (χ0n) is 9.77. The number of aromatic nitrogens is 1. The lowest BCUT2D eigenvalue weighted by Crippen LogP contribution is -2.02. The summed E-state index contributed by atoms with van der Waals surface area (Å²) in [4.78, 5) is 0. The van der Waals surface area contributed by atoms with Crippen LogP contribution in [0.2, 0.25) is 0 Å². The Morgan fingerprint density at radius 3 is 2.88 bits per heavy atom. The molecule has 0 amide bonds. The molecule has 1 aromatic carbocycles. The van der Waals surface area contributed by atoms with Gasteiger partial charge in [-0.25, -0.2) is 0 Å². The molecule has 1 aromatic heterocycles. The summed E-state index contributed by atoms with van der Waals surface area (Å²) in [6, 6.07) is 8.23. The van der Waals surface area contributed by atoms with Gasteiger partial charge < -0.3 is 14.0 Å². The van der Waals surface area contributed by atoms with Crippen molar-refractivity contribution in [3.8, 4) is 5.75 Å². The van der Waals surface area contributed by atoms with Crippen molar-refractivity contribution >= 4 is 10.9 Å². The van der Waals surface area contributed by atoms with Crippen LogP contribution in [0.25, 0.3) is 10.9 Å². The molecule has 2 rings (SSSR count). The number of hydrogen-bond donors (Lipinski definition) is 0. The van der Waals surface area contributed by atoms with E-state index in [9.17, 15) is 0 Å². The molecule has 1 heterocycles. The lowest BCUT2D eigenvalue weighted by atomic mass is 10.2. The SMILES string of the molecule is CCOc1cccc2c1ccn2CCOC. The highest BCUT2D eigenvalue weighted by molar-refractivity contribution is 5.86. The summed E-state index contributed by atoms with van der Waals surface area (Å²) in [5.41, 5.74) is 1.20. The smallest absolute Gasteiger partial charge is 0.128 e. The lowest BCUT2D eigenvalue weighted by molar-refractivity contribution is 0.188. The van der Waals surface area contributed by atoms with Gasteiger partial charge >= 0.3 is 0 Å². The van der Waals surface area contributed by atoms with Gasteiger partial charge in [0.2, 0.25) is 0 Å². The highest BCUT2D eigenvalue weighted by atomic mass is 16.5. The third-order valence-corrected chi connectivity index (χ3v) is 2.61. The number of rotatable bonds is 5. The monoisotopic (exact) mass is 219 g/mol. The van der Waals surface area contributed by atoms with E-state index in [-0.39, 0.29) is 0 Å². The van der Waals surface area contributed by atoms with Crippen LogP contribution in [0.4, 0.5) is 0 Å². The average molecular weight is 219 g/mol. The molecule has 0 atom stereocenters. The van der Waals surface area contributed by atoms with Crippen molar-refractivity contribution in [1.82, 2.24) is 4.57 Å². The maximum absolute atomic E-state index is 5.59. The number of hydrogen-bond acceptors (Lipinski definition) is 2. The van der Waals surface area contributed by atoms with Crippen molar-refractivity contribution in [1.29, 1.82) is 0 Å². The van der Waals surface area contributed by atoms with Crippen molar-refractivity contribution in [2.75, 3.05) is 20.3 Å². The number of benzene rings is 1. The molecule has 3 nitrogen and oxygen atoms in total. The van der Waals surface area contributed by atoms with Gasteiger partial charge in [-0.1, -0.05) is 6.07 Å².